The number of amides is 2. The summed E-state index contributed by atoms with van der Waals surface area (Å²) in [6.45, 7) is 5.13. The molecular formula is C20H15N3O5. The third-order valence-corrected chi connectivity index (χ3v) is 4.58. The van der Waals surface area contributed by atoms with Gasteiger partial charge in [0.2, 0.25) is 0 Å². The van der Waals surface area contributed by atoms with Crippen molar-refractivity contribution in [3.8, 4) is 17.4 Å². The predicted octanol–water partition coefficient (Wildman–Crippen LogP) is 3.35. The van der Waals surface area contributed by atoms with Gasteiger partial charge in [0.05, 0.1) is 10.5 Å². The van der Waals surface area contributed by atoms with Crippen LogP contribution in [0.4, 0.5) is 5.69 Å². The maximum absolute atomic E-state index is 12.1. The second-order valence-corrected chi connectivity index (χ2v) is 6.37. The van der Waals surface area contributed by atoms with Gasteiger partial charge in [-0.3, -0.25) is 25.0 Å². The molecule has 0 unspecified atom stereocenters. The topological polar surface area (TPSA) is 126 Å². The molecule has 0 aliphatic carbocycles. The Morgan fingerprint density at radius 3 is 2.46 bits per heavy atom. The van der Waals surface area contributed by atoms with E-state index in [0.717, 1.165) is 11.1 Å². The van der Waals surface area contributed by atoms with Crippen molar-refractivity contribution >= 4 is 23.6 Å². The predicted molar refractivity (Wildman–Crippen MR) is 99.7 cm³/mol. The summed E-state index contributed by atoms with van der Waals surface area (Å²) in [6, 6.07) is 8.06. The Kier molecular flexibility index (Phi) is 4.67. The second-order valence-electron chi connectivity index (χ2n) is 6.37. The average Bonchev–Trinajstić information content (AvgIpc) is 3.09. The van der Waals surface area contributed by atoms with Crippen molar-refractivity contribution < 1.29 is 18.9 Å². The Bertz CT molecular complexity index is 1150. The Morgan fingerprint density at radius 1 is 1.14 bits per heavy atom. The molecule has 1 aliphatic heterocycles. The lowest BCUT2D eigenvalue weighted by molar-refractivity contribution is -0.384. The Labute approximate surface area is 159 Å². The Morgan fingerprint density at radius 2 is 1.82 bits per heavy atom. The van der Waals surface area contributed by atoms with E-state index < -0.39 is 16.7 Å². The largest absolute Gasteiger partial charge is 0.456 e. The summed E-state index contributed by atoms with van der Waals surface area (Å²) in [5, 5.41) is 22.6. The highest BCUT2D eigenvalue weighted by molar-refractivity contribution is 6.19. The maximum atomic E-state index is 12.1. The molecule has 0 bridgehead atoms. The van der Waals surface area contributed by atoms with E-state index >= 15 is 0 Å². The van der Waals surface area contributed by atoms with Crippen LogP contribution in [-0.4, -0.2) is 16.7 Å². The summed E-state index contributed by atoms with van der Waals surface area (Å²) in [7, 11) is 0. The van der Waals surface area contributed by atoms with E-state index in [-0.39, 0.29) is 33.9 Å². The van der Waals surface area contributed by atoms with Crippen molar-refractivity contribution in [3.05, 3.63) is 68.0 Å². The molecule has 0 radical (unpaired) electrons. The molecule has 2 heterocycles. The highest BCUT2D eigenvalue weighted by Crippen LogP contribution is 2.34. The second kappa shape index (κ2) is 6.96. The van der Waals surface area contributed by atoms with Crippen LogP contribution >= 0.6 is 0 Å². The summed E-state index contributed by atoms with van der Waals surface area (Å²) < 4.78 is 5.70. The number of imide groups is 1. The number of nitriles is 1. The first kappa shape index (κ1) is 18.8. The number of nitro benzene ring substituents is 1. The third-order valence-electron chi connectivity index (χ3n) is 4.58. The molecule has 1 aliphatic rings. The van der Waals surface area contributed by atoms with Gasteiger partial charge in [-0.2, -0.15) is 5.26 Å². The number of furan rings is 1. The number of benzene rings is 1. The minimum Gasteiger partial charge on any atom is -0.456 e. The first-order valence-corrected chi connectivity index (χ1v) is 8.27. The van der Waals surface area contributed by atoms with Crippen LogP contribution in [0.15, 0.2) is 45.4 Å². The zero-order valence-electron chi connectivity index (χ0n) is 15.3. The molecule has 0 saturated heterocycles. The molecule has 0 spiro atoms. The molecule has 0 fully saturated rings. The standard InChI is InChI=1S/C20H15N3O5/c1-10-6-15(17(23(26)27)7-11(10)2)18-5-4-13(28-18)8-14-12(3)16(9-21)20(25)22-19(14)24/h4-8H,1-3H3,(H,22,24,25)/b14-8-. The lowest BCUT2D eigenvalue weighted by Crippen LogP contribution is -2.37. The van der Waals surface area contributed by atoms with Crippen molar-refractivity contribution in [2.75, 3.05) is 0 Å². The van der Waals surface area contributed by atoms with Crippen LogP contribution in [0.25, 0.3) is 17.4 Å². The van der Waals surface area contributed by atoms with Crippen LogP contribution in [-0.2, 0) is 9.59 Å². The van der Waals surface area contributed by atoms with E-state index in [1.165, 1.54) is 19.1 Å². The molecular weight excluding hydrogens is 362 g/mol. The molecule has 1 aromatic carbocycles. The number of hydrogen-bond acceptors (Lipinski definition) is 6. The van der Waals surface area contributed by atoms with E-state index in [1.54, 1.807) is 31.2 Å². The molecule has 0 atom stereocenters. The van der Waals surface area contributed by atoms with Crippen molar-refractivity contribution in [1.29, 1.82) is 5.26 Å². The molecule has 8 nitrogen and oxygen atoms in total. The number of carbonyl (C=O) groups excluding carboxylic acids is 2. The van der Waals surface area contributed by atoms with Crippen LogP contribution in [0, 0.1) is 35.3 Å². The van der Waals surface area contributed by atoms with Crippen LogP contribution < -0.4 is 5.32 Å². The Balaban J connectivity index is 2.08. The lowest BCUT2D eigenvalue weighted by atomic mass is 9.96. The average molecular weight is 377 g/mol. The van der Waals surface area contributed by atoms with Crippen LogP contribution in [0.2, 0.25) is 0 Å². The van der Waals surface area contributed by atoms with Gasteiger partial charge in [0.15, 0.2) is 0 Å². The monoisotopic (exact) mass is 377 g/mol. The molecule has 2 aromatic rings. The van der Waals surface area contributed by atoms with Crippen LogP contribution in [0.3, 0.4) is 0 Å². The quantitative estimate of drug-likeness (QED) is 0.378. The number of hydrogen-bond donors (Lipinski definition) is 1. The smallest absolute Gasteiger partial charge is 0.280 e. The van der Waals surface area contributed by atoms with Gasteiger partial charge >= 0.3 is 0 Å². The number of carbonyl (C=O) groups is 2. The van der Waals surface area contributed by atoms with Crippen molar-refractivity contribution in [1.82, 2.24) is 5.32 Å². The summed E-state index contributed by atoms with van der Waals surface area (Å²) in [5.41, 5.74) is 2.11. The van der Waals surface area contributed by atoms with Crippen molar-refractivity contribution in [2.24, 2.45) is 0 Å². The zero-order chi connectivity index (χ0) is 20.6. The summed E-state index contributed by atoms with van der Waals surface area (Å²) >= 11 is 0. The van der Waals surface area contributed by atoms with Crippen LogP contribution in [0.5, 0.6) is 0 Å². The summed E-state index contributed by atoms with van der Waals surface area (Å²) in [5.74, 6) is -0.848. The molecule has 3 rings (SSSR count). The van der Waals surface area contributed by atoms with E-state index in [0.29, 0.717) is 5.56 Å². The van der Waals surface area contributed by atoms with Crippen molar-refractivity contribution in [2.45, 2.75) is 20.8 Å². The molecule has 1 N–H and O–H groups in total. The third kappa shape index (κ3) is 3.21. The Hall–Kier alpha value is -3.99. The van der Waals surface area contributed by atoms with Gasteiger partial charge < -0.3 is 4.42 Å². The fourth-order valence-electron chi connectivity index (χ4n) is 2.88. The van der Waals surface area contributed by atoms with E-state index in [2.05, 4.69) is 5.32 Å². The zero-order valence-corrected chi connectivity index (χ0v) is 15.3. The van der Waals surface area contributed by atoms with Crippen molar-refractivity contribution in [3.63, 3.8) is 0 Å². The SMILES string of the molecule is CC1=C(C#N)C(=O)NC(=O)/C1=C\c1ccc(-c2cc(C)c(C)cc2[N+](=O)[O-])o1. The van der Waals surface area contributed by atoms with Gasteiger partial charge in [0, 0.05) is 11.6 Å². The number of nitrogens with zero attached hydrogens (tertiary/aromatic N) is 2. The molecule has 140 valence electrons. The highest BCUT2D eigenvalue weighted by Gasteiger charge is 2.28. The van der Waals surface area contributed by atoms with Gasteiger partial charge in [-0.05, 0) is 61.7 Å². The molecule has 8 heteroatoms. The number of nitro groups is 1. The first-order valence-electron chi connectivity index (χ1n) is 8.27. The molecule has 28 heavy (non-hydrogen) atoms. The normalized spacial score (nSPS) is 15.6. The van der Waals surface area contributed by atoms with Crippen LogP contribution in [0.1, 0.15) is 23.8 Å². The number of rotatable bonds is 3. The van der Waals surface area contributed by atoms with Gasteiger partial charge in [-0.25, -0.2) is 0 Å². The fourth-order valence-corrected chi connectivity index (χ4v) is 2.88. The minimum absolute atomic E-state index is 0.0829. The lowest BCUT2D eigenvalue weighted by Gasteiger charge is -2.15. The van der Waals surface area contributed by atoms with E-state index in [4.69, 9.17) is 9.68 Å². The van der Waals surface area contributed by atoms with Gasteiger partial charge in [0.1, 0.15) is 23.2 Å². The molecule has 1 aromatic heterocycles. The van der Waals surface area contributed by atoms with Gasteiger partial charge in [-0.1, -0.05) is 0 Å². The molecule has 0 saturated carbocycles. The first-order chi connectivity index (χ1) is 13.2. The fraction of sp³-hybridized carbons (Fsp3) is 0.150. The summed E-state index contributed by atoms with van der Waals surface area (Å²) in [4.78, 5) is 34.7. The van der Waals surface area contributed by atoms with Gasteiger partial charge in [0.25, 0.3) is 17.5 Å². The summed E-state index contributed by atoms with van der Waals surface area (Å²) in [6.07, 6.45) is 1.39. The van der Waals surface area contributed by atoms with E-state index in [9.17, 15) is 19.7 Å². The number of aryl methyl sites for hydroxylation is 2. The highest BCUT2D eigenvalue weighted by atomic mass is 16.6. The molecule has 2 amide bonds. The van der Waals surface area contributed by atoms with E-state index in [1.807, 2.05) is 6.92 Å². The minimum atomic E-state index is -0.743. The van der Waals surface area contributed by atoms with Gasteiger partial charge in [-0.15, -0.1) is 0 Å². The number of nitrogens with one attached hydrogen (secondary N) is 1. The maximum Gasteiger partial charge on any atom is 0.280 e.